The molecular weight excluding hydrogens is 598 g/mol. The van der Waals surface area contributed by atoms with Crippen LogP contribution in [0.25, 0.3) is 5.57 Å². The van der Waals surface area contributed by atoms with Gasteiger partial charge in [-0.15, -0.1) is 0 Å². The number of carboxylic acid groups (broad SMARTS) is 2. The number of carboxylic acids is 2. The van der Waals surface area contributed by atoms with Crippen molar-refractivity contribution in [3.63, 3.8) is 0 Å². The van der Waals surface area contributed by atoms with Crippen molar-refractivity contribution in [3.05, 3.63) is 53.6 Å². The molecule has 2 N–H and O–H groups in total. The number of carbonyl (C=O) groups is 3. The fraction of sp³-hybridized carbons (Fsp3) is 0.690. The molecule has 1 amide bonds. The summed E-state index contributed by atoms with van der Waals surface area (Å²) in [6, 6.07) is 6.78. The Hall–Kier alpha value is -2.89. The molecule has 1 aromatic carbocycles. The van der Waals surface area contributed by atoms with Gasteiger partial charge in [0.05, 0.1) is 11.0 Å². The summed E-state index contributed by atoms with van der Waals surface area (Å²) < 4.78 is 0. The van der Waals surface area contributed by atoms with Gasteiger partial charge in [0.2, 0.25) is 5.91 Å². The molecule has 0 bridgehead atoms. The molecule has 10 atom stereocenters. The van der Waals surface area contributed by atoms with Crippen molar-refractivity contribution in [3.8, 4) is 0 Å². The van der Waals surface area contributed by atoms with E-state index in [1.807, 2.05) is 12.1 Å². The fourth-order valence-corrected chi connectivity index (χ4v) is 14.0. The van der Waals surface area contributed by atoms with Crippen molar-refractivity contribution < 1.29 is 24.6 Å². The lowest BCUT2D eigenvalue weighted by Crippen LogP contribution is -2.66. The highest BCUT2D eigenvalue weighted by Crippen LogP contribution is 2.78. The summed E-state index contributed by atoms with van der Waals surface area (Å²) in [4.78, 5) is 40.3. The zero-order valence-electron chi connectivity index (χ0n) is 30.1. The predicted molar refractivity (Wildman–Crippen MR) is 188 cm³/mol. The van der Waals surface area contributed by atoms with E-state index >= 15 is 0 Å². The first-order chi connectivity index (χ1) is 22.5. The van der Waals surface area contributed by atoms with E-state index in [2.05, 4.69) is 54.2 Å². The number of amides is 1. The number of benzene rings is 1. The van der Waals surface area contributed by atoms with E-state index in [0.717, 1.165) is 56.9 Å². The highest BCUT2D eigenvalue weighted by atomic mass is 16.4. The molecule has 0 aromatic heterocycles. The maximum absolute atomic E-state index is 14.7. The van der Waals surface area contributed by atoms with Gasteiger partial charge in [0.25, 0.3) is 0 Å². The van der Waals surface area contributed by atoms with E-state index in [9.17, 15) is 24.6 Å². The van der Waals surface area contributed by atoms with E-state index in [-0.39, 0.29) is 33.5 Å². The number of rotatable bonds is 5. The van der Waals surface area contributed by atoms with Gasteiger partial charge >= 0.3 is 11.9 Å². The third kappa shape index (κ3) is 4.38. The number of allylic oxidation sites excluding steroid dienone is 3. The molecule has 5 fully saturated rings. The van der Waals surface area contributed by atoms with Crippen LogP contribution in [-0.4, -0.2) is 45.5 Å². The van der Waals surface area contributed by atoms with Crippen LogP contribution in [0.3, 0.4) is 0 Å². The molecule has 0 radical (unpaired) electrons. The van der Waals surface area contributed by atoms with Gasteiger partial charge in [-0.3, -0.25) is 4.79 Å². The topological polar surface area (TPSA) is 94.9 Å². The minimum Gasteiger partial charge on any atom is -0.480 e. The quantitative estimate of drug-likeness (QED) is 0.309. The monoisotopic (exact) mass is 655 g/mol. The Balaban J connectivity index is 1.23. The Labute approximate surface area is 287 Å². The van der Waals surface area contributed by atoms with Gasteiger partial charge in [-0.05, 0) is 152 Å². The summed E-state index contributed by atoms with van der Waals surface area (Å²) in [6.45, 7) is 19.8. The van der Waals surface area contributed by atoms with Crippen molar-refractivity contribution in [1.29, 1.82) is 0 Å². The van der Waals surface area contributed by atoms with Gasteiger partial charge in [-0.2, -0.15) is 0 Å². The zero-order valence-corrected chi connectivity index (χ0v) is 30.1. The Kier molecular flexibility index (Phi) is 7.74. The van der Waals surface area contributed by atoms with Crippen LogP contribution in [0.1, 0.15) is 128 Å². The number of likely N-dealkylation sites (tertiary alicyclic amines) is 1. The molecule has 4 saturated carbocycles. The van der Waals surface area contributed by atoms with Gasteiger partial charge in [0.1, 0.15) is 6.04 Å². The van der Waals surface area contributed by atoms with Crippen molar-refractivity contribution >= 4 is 23.4 Å². The maximum atomic E-state index is 14.7. The molecule has 7 rings (SSSR count). The molecule has 1 aromatic rings. The van der Waals surface area contributed by atoms with E-state index in [4.69, 9.17) is 0 Å². The lowest BCUT2D eigenvalue weighted by Gasteiger charge is -2.72. The van der Waals surface area contributed by atoms with Crippen LogP contribution in [0.5, 0.6) is 0 Å². The van der Waals surface area contributed by atoms with Gasteiger partial charge < -0.3 is 15.1 Å². The Morgan fingerprint density at radius 3 is 2.19 bits per heavy atom. The first-order valence-corrected chi connectivity index (χ1v) is 18.8. The molecule has 48 heavy (non-hydrogen) atoms. The maximum Gasteiger partial charge on any atom is 0.335 e. The Morgan fingerprint density at radius 2 is 1.54 bits per heavy atom. The van der Waals surface area contributed by atoms with E-state index < -0.39 is 23.4 Å². The molecule has 6 aliphatic rings. The van der Waals surface area contributed by atoms with Crippen LogP contribution in [0.2, 0.25) is 0 Å². The standard InChI is InChI=1S/C42H57NO5/c1-25(2)28-16-21-42(37(48)43-24-8-9-31(43)36(46)47)23-22-40(6)30(34(28)42)14-15-33-39(5)19-17-29(26-10-12-27(13-11-26)35(44)45)38(3,4)32(39)18-20-41(33,40)7/h10-13,17,28,30-34H,1,8-9,14-16,18-24H2,2-7H3,(H,44,45)(H,46,47). The predicted octanol–water partition coefficient (Wildman–Crippen LogP) is 9.11. The minimum absolute atomic E-state index is 0.0438. The van der Waals surface area contributed by atoms with Crippen molar-refractivity contribution in [2.24, 2.45) is 56.7 Å². The minimum atomic E-state index is -0.890. The third-order valence-electron chi connectivity index (χ3n) is 16.3. The smallest absolute Gasteiger partial charge is 0.335 e. The first kappa shape index (κ1) is 33.6. The van der Waals surface area contributed by atoms with Crippen LogP contribution < -0.4 is 0 Å². The zero-order chi connectivity index (χ0) is 34.6. The number of nitrogens with zero attached hydrogens (tertiary/aromatic N) is 1. The summed E-state index contributed by atoms with van der Waals surface area (Å²) >= 11 is 0. The molecule has 1 aliphatic heterocycles. The third-order valence-corrected chi connectivity index (χ3v) is 16.3. The molecule has 5 aliphatic carbocycles. The number of hydrogen-bond donors (Lipinski definition) is 2. The molecule has 260 valence electrons. The van der Waals surface area contributed by atoms with Crippen LogP contribution in [0, 0.1) is 56.7 Å². The number of hydrogen-bond acceptors (Lipinski definition) is 3. The lowest BCUT2D eigenvalue weighted by molar-refractivity contribution is -0.226. The van der Waals surface area contributed by atoms with Crippen LogP contribution in [0.15, 0.2) is 42.5 Å². The molecule has 6 nitrogen and oxygen atoms in total. The number of carbonyl (C=O) groups excluding carboxylic acids is 1. The summed E-state index contributed by atoms with van der Waals surface area (Å²) in [5.74, 6) is 0.427. The molecule has 10 unspecified atom stereocenters. The molecular formula is C42H57NO5. The SMILES string of the molecule is C=C(C)C1CCC2(C(=O)N3CCCC3C(=O)O)CCC3(C)C(CCC4C5(C)CC=C(c6ccc(C(=O)O)cc6)C(C)(C)C5CCC43C)C12. The average Bonchev–Trinajstić information content (AvgIpc) is 3.68. The number of aliphatic carboxylic acids is 1. The van der Waals surface area contributed by atoms with Gasteiger partial charge in [0, 0.05) is 6.54 Å². The normalized spacial score (nSPS) is 42.9. The van der Waals surface area contributed by atoms with Crippen molar-refractivity contribution in [1.82, 2.24) is 4.90 Å². The lowest BCUT2D eigenvalue weighted by atomic mass is 9.32. The molecule has 6 heteroatoms. The fourth-order valence-electron chi connectivity index (χ4n) is 14.0. The summed E-state index contributed by atoms with van der Waals surface area (Å²) in [5, 5.41) is 19.5. The average molecular weight is 656 g/mol. The first-order valence-electron chi connectivity index (χ1n) is 18.8. The Morgan fingerprint density at radius 1 is 0.833 bits per heavy atom. The van der Waals surface area contributed by atoms with Gasteiger partial charge in [-0.25, -0.2) is 9.59 Å². The van der Waals surface area contributed by atoms with E-state index in [0.29, 0.717) is 42.2 Å². The van der Waals surface area contributed by atoms with E-state index in [1.54, 1.807) is 17.0 Å². The summed E-state index contributed by atoms with van der Waals surface area (Å²) in [6.07, 6.45) is 13.2. The molecule has 0 spiro atoms. The van der Waals surface area contributed by atoms with Crippen molar-refractivity contribution in [2.75, 3.05) is 6.54 Å². The van der Waals surface area contributed by atoms with Crippen molar-refractivity contribution in [2.45, 2.75) is 118 Å². The highest BCUT2D eigenvalue weighted by Gasteiger charge is 2.72. The van der Waals surface area contributed by atoms with Gasteiger partial charge in [-0.1, -0.05) is 65.0 Å². The van der Waals surface area contributed by atoms with Crippen LogP contribution in [-0.2, 0) is 9.59 Å². The van der Waals surface area contributed by atoms with Crippen LogP contribution >= 0.6 is 0 Å². The number of fused-ring (bicyclic) bond motifs is 7. The van der Waals surface area contributed by atoms with Gasteiger partial charge in [0.15, 0.2) is 0 Å². The largest absolute Gasteiger partial charge is 0.480 e. The second-order valence-electron chi connectivity index (χ2n) is 18.3. The molecule has 1 heterocycles. The highest BCUT2D eigenvalue weighted by molar-refractivity contribution is 5.89. The number of aromatic carboxylic acids is 1. The Bertz CT molecular complexity index is 1570. The summed E-state index contributed by atoms with van der Waals surface area (Å²) in [5.41, 5.74) is 3.87. The second-order valence-corrected chi connectivity index (χ2v) is 18.3. The second kappa shape index (κ2) is 11.1. The summed E-state index contributed by atoms with van der Waals surface area (Å²) in [7, 11) is 0. The molecule has 1 saturated heterocycles. The van der Waals surface area contributed by atoms with E-state index in [1.165, 1.54) is 24.0 Å². The van der Waals surface area contributed by atoms with Crippen LogP contribution in [0.4, 0.5) is 0 Å².